The second kappa shape index (κ2) is 10.5. The maximum atomic E-state index is 14.3. The number of hydrogen-bond donors (Lipinski definition) is 0. The van der Waals surface area contributed by atoms with Crippen molar-refractivity contribution < 1.29 is 13.2 Å². The van der Waals surface area contributed by atoms with Crippen molar-refractivity contribution in [3.8, 4) is 0 Å². The molecule has 8 heteroatoms. The van der Waals surface area contributed by atoms with Crippen molar-refractivity contribution in [2.24, 2.45) is 0 Å². The van der Waals surface area contributed by atoms with Crippen LogP contribution in [0.4, 0.5) is 13.2 Å². The average molecular weight is 521 g/mol. The van der Waals surface area contributed by atoms with E-state index < -0.39 is 5.82 Å². The zero-order valence-electron chi connectivity index (χ0n) is 18.4. The van der Waals surface area contributed by atoms with Crippen LogP contribution in [0.25, 0.3) is 0 Å². The SMILES string of the molecule is Fc1ccc(SCCN2CCN([C@H]3Cc4ccc(F)cc4Sc4cc(F)c(Cl)cc43)CC2)cc1. The molecule has 0 bridgehead atoms. The van der Waals surface area contributed by atoms with E-state index in [9.17, 15) is 13.2 Å². The molecule has 2 heterocycles. The molecule has 0 aromatic heterocycles. The molecular formula is C26H24ClF3N2S2. The third kappa shape index (κ3) is 5.44. The molecule has 34 heavy (non-hydrogen) atoms. The third-order valence-electron chi connectivity index (χ3n) is 6.41. The van der Waals surface area contributed by atoms with E-state index in [1.54, 1.807) is 17.8 Å². The highest BCUT2D eigenvalue weighted by atomic mass is 35.5. The van der Waals surface area contributed by atoms with Gasteiger partial charge in [0.25, 0.3) is 0 Å². The molecule has 178 valence electrons. The van der Waals surface area contributed by atoms with Crippen LogP contribution in [0, 0.1) is 17.5 Å². The van der Waals surface area contributed by atoms with Crippen LogP contribution in [-0.2, 0) is 6.42 Å². The molecule has 3 aromatic carbocycles. The van der Waals surface area contributed by atoms with Gasteiger partial charge in [-0.15, -0.1) is 11.8 Å². The summed E-state index contributed by atoms with van der Waals surface area (Å²) in [6.45, 7) is 4.62. The third-order valence-corrected chi connectivity index (χ3v) is 8.87. The van der Waals surface area contributed by atoms with E-state index in [2.05, 4.69) is 9.80 Å². The van der Waals surface area contributed by atoms with E-state index in [4.69, 9.17) is 11.6 Å². The van der Waals surface area contributed by atoms with Crippen LogP contribution in [-0.4, -0.2) is 48.3 Å². The van der Waals surface area contributed by atoms with Gasteiger partial charge >= 0.3 is 0 Å². The van der Waals surface area contributed by atoms with Crippen LogP contribution in [0.15, 0.2) is 69.3 Å². The van der Waals surface area contributed by atoms with Crippen molar-refractivity contribution in [3.63, 3.8) is 0 Å². The highest BCUT2D eigenvalue weighted by molar-refractivity contribution is 7.99. The number of hydrogen-bond acceptors (Lipinski definition) is 4. The van der Waals surface area contributed by atoms with Crippen molar-refractivity contribution in [3.05, 3.63) is 88.2 Å². The monoisotopic (exact) mass is 520 g/mol. The number of piperazine rings is 1. The van der Waals surface area contributed by atoms with Gasteiger partial charge < -0.3 is 0 Å². The quantitative estimate of drug-likeness (QED) is 0.337. The largest absolute Gasteiger partial charge is 0.300 e. The number of benzene rings is 3. The lowest BCUT2D eigenvalue weighted by Crippen LogP contribution is -2.48. The molecule has 2 nitrogen and oxygen atoms in total. The lowest BCUT2D eigenvalue weighted by atomic mass is 9.96. The van der Waals surface area contributed by atoms with E-state index in [0.29, 0.717) is 0 Å². The lowest BCUT2D eigenvalue weighted by molar-refractivity contribution is 0.0983. The van der Waals surface area contributed by atoms with E-state index in [0.717, 1.165) is 70.7 Å². The van der Waals surface area contributed by atoms with Crippen LogP contribution in [0.1, 0.15) is 17.2 Å². The molecule has 3 aromatic rings. The van der Waals surface area contributed by atoms with E-state index in [1.807, 2.05) is 18.2 Å². The second-order valence-corrected chi connectivity index (χ2v) is 11.2. The molecule has 0 saturated carbocycles. The van der Waals surface area contributed by atoms with Crippen molar-refractivity contribution in [1.82, 2.24) is 9.80 Å². The van der Waals surface area contributed by atoms with Crippen LogP contribution >= 0.6 is 35.1 Å². The molecule has 0 amide bonds. The van der Waals surface area contributed by atoms with Crippen molar-refractivity contribution in [1.29, 1.82) is 0 Å². The van der Waals surface area contributed by atoms with Crippen LogP contribution in [0.5, 0.6) is 0 Å². The summed E-state index contributed by atoms with van der Waals surface area (Å²) in [5, 5.41) is 0.123. The Morgan fingerprint density at radius 1 is 0.882 bits per heavy atom. The van der Waals surface area contributed by atoms with Gasteiger partial charge in [0.1, 0.15) is 17.5 Å². The first-order valence-electron chi connectivity index (χ1n) is 11.3. The van der Waals surface area contributed by atoms with E-state index in [1.165, 1.54) is 42.1 Å². The Balaban J connectivity index is 1.27. The van der Waals surface area contributed by atoms with Crippen LogP contribution in [0.3, 0.4) is 0 Å². The maximum absolute atomic E-state index is 14.3. The zero-order valence-corrected chi connectivity index (χ0v) is 20.8. The summed E-state index contributed by atoms with van der Waals surface area (Å²) in [6, 6.07) is 14.8. The number of nitrogens with zero attached hydrogens (tertiary/aromatic N) is 2. The fourth-order valence-corrected chi connectivity index (χ4v) is 6.82. The summed E-state index contributed by atoms with van der Waals surface area (Å²) in [5.74, 6) is 0.000990. The molecule has 2 aliphatic rings. The van der Waals surface area contributed by atoms with Gasteiger partial charge in [0, 0.05) is 59.2 Å². The molecule has 2 aliphatic heterocycles. The summed E-state index contributed by atoms with van der Waals surface area (Å²) >= 11 is 9.34. The summed E-state index contributed by atoms with van der Waals surface area (Å²) in [6.07, 6.45) is 0.734. The minimum atomic E-state index is -0.449. The van der Waals surface area contributed by atoms with Crippen LogP contribution < -0.4 is 0 Å². The van der Waals surface area contributed by atoms with Gasteiger partial charge in [-0.1, -0.05) is 29.4 Å². The Hall–Kier alpha value is -1.64. The number of fused-ring (bicyclic) bond motifs is 2. The second-order valence-electron chi connectivity index (χ2n) is 8.56. The summed E-state index contributed by atoms with van der Waals surface area (Å²) < 4.78 is 41.3. The molecule has 1 fully saturated rings. The molecule has 0 radical (unpaired) electrons. The Bertz CT molecular complexity index is 1170. The van der Waals surface area contributed by atoms with E-state index in [-0.39, 0.29) is 22.7 Å². The van der Waals surface area contributed by atoms with Gasteiger partial charge in [-0.25, -0.2) is 13.2 Å². The van der Waals surface area contributed by atoms with Crippen molar-refractivity contribution in [2.45, 2.75) is 27.1 Å². The van der Waals surface area contributed by atoms with Gasteiger partial charge in [0.15, 0.2) is 0 Å². The topological polar surface area (TPSA) is 6.48 Å². The molecule has 1 atom stereocenters. The minimum Gasteiger partial charge on any atom is -0.300 e. The standard InChI is InChI=1S/C26H24ClF3N2S2/c27-22-15-21-24(13-17-1-2-19(29)14-25(17)34-26(21)16-23(22)30)32-9-7-31(8-10-32)11-12-33-20-5-3-18(28)4-6-20/h1-6,14-16,24H,7-13H2/t24-/m0/s1. The first-order valence-corrected chi connectivity index (χ1v) is 13.4. The molecular weight excluding hydrogens is 497 g/mol. The Labute approximate surface area is 211 Å². The number of thioether (sulfide) groups is 1. The number of halogens is 4. The Kier molecular flexibility index (Phi) is 7.46. The minimum absolute atomic E-state index is 0.0584. The first kappa shape index (κ1) is 24.1. The van der Waals surface area contributed by atoms with E-state index >= 15 is 0 Å². The molecule has 0 aliphatic carbocycles. The highest BCUT2D eigenvalue weighted by Crippen LogP contribution is 2.44. The predicted molar refractivity (Wildman–Crippen MR) is 134 cm³/mol. The van der Waals surface area contributed by atoms with Gasteiger partial charge in [-0.05, 0) is 66.1 Å². The van der Waals surface area contributed by atoms with Crippen molar-refractivity contribution >= 4 is 35.1 Å². The summed E-state index contributed by atoms with van der Waals surface area (Å²) in [4.78, 5) is 7.60. The first-order chi connectivity index (χ1) is 16.5. The van der Waals surface area contributed by atoms with Gasteiger partial charge in [0.05, 0.1) is 5.02 Å². The normalized spacial score (nSPS) is 18.9. The van der Waals surface area contributed by atoms with Crippen LogP contribution in [0.2, 0.25) is 5.02 Å². The molecule has 1 saturated heterocycles. The molecule has 5 rings (SSSR count). The molecule has 0 N–H and O–H groups in total. The fourth-order valence-electron chi connectivity index (χ4n) is 4.57. The summed E-state index contributed by atoms with van der Waals surface area (Å²) in [5.41, 5.74) is 2.08. The Morgan fingerprint density at radius 3 is 2.38 bits per heavy atom. The maximum Gasteiger partial charge on any atom is 0.142 e. The average Bonchev–Trinajstić information content (AvgIpc) is 2.97. The fraction of sp³-hybridized carbons (Fsp3) is 0.308. The highest BCUT2D eigenvalue weighted by Gasteiger charge is 2.31. The zero-order chi connectivity index (χ0) is 23.7. The van der Waals surface area contributed by atoms with Gasteiger partial charge in [-0.2, -0.15) is 0 Å². The summed E-state index contributed by atoms with van der Waals surface area (Å²) in [7, 11) is 0. The number of rotatable bonds is 5. The molecule has 0 unspecified atom stereocenters. The predicted octanol–water partition coefficient (Wildman–Crippen LogP) is 6.92. The smallest absolute Gasteiger partial charge is 0.142 e. The van der Waals surface area contributed by atoms with Crippen molar-refractivity contribution in [2.75, 3.05) is 38.5 Å². The van der Waals surface area contributed by atoms with Gasteiger partial charge in [-0.3, -0.25) is 9.80 Å². The van der Waals surface area contributed by atoms with Gasteiger partial charge in [0.2, 0.25) is 0 Å². The molecule has 0 spiro atoms. The Morgan fingerprint density at radius 2 is 1.62 bits per heavy atom. The lowest BCUT2D eigenvalue weighted by Gasteiger charge is -2.39.